The van der Waals surface area contributed by atoms with E-state index >= 15 is 0 Å². The summed E-state index contributed by atoms with van der Waals surface area (Å²) in [5.41, 5.74) is 2.62. The number of aliphatic hydroxyl groups is 1. The van der Waals surface area contributed by atoms with E-state index in [0.29, 0.717) is 11.8 Å². The molecule has 0 radical (unpaired) electrons. The van der Waals surface area contributed by atoms with Crippen LogP contribution in [0.25, 0.3) is 6.08 Å². The quantitative estimate of drug-likeness (QED) is 0.796. The molecular weight excluding hydrogens is 196 g/mol. The number of hydrogen-bond acceptors (Lipinski definition) is 1. The SMILES string of the molecule is CC(C)c1cccc(/C=C/C[C@H](C)CO)c1. The van der Waals surface area contributed by atoms with Gasteiger partial charge in [-0.1, -0.05) is 57.2 Å². The van der Waals surface area contributed by atoms with Crippen molar-refractivity contribution >= 4 is 6.08 Å². The van der Waals surface area contributed by atoms with Crippen molar-refractivity contribution in [1.29, 1.82) is 0 Å². The molecule has 0 aliphatic rings. The van der Waals surface area contributed by atoms with Crippen molar-refractivity contribution in [3.63, 3.8) is 0 Å². The fourth-order valence-electron chi connectivity index (χ4n) is 1.53. The van der Waals surface area contributed by atoms with Crippen LogP contribution in [-0.4, -0.2) is 11.7 Å². The molecule has 0 fully saturated rings. The Kier molecular flexibility index (Phi) is 5.27. The Balaban J connectivity index is 2.63. The molecule has 1 rings (SSSR count). The third-order valence-electron chi connectivity index (χ3n) is 2.74. The summed E-state index contributed by atoms with van der Waals surface area (Å²) in [5, 5.41) is 8.91. The molecule has 16 heavy (non-hydrogen) atoms. The van der Waals surface area contributed by atoms with Gasteiger partial charge in [-0.3, -0.25) is 0 Å². The van der Waals surface area contributed by atoms with Crippen molar-refractivity contribution in [1.82, 2.24) is 0 Å². The van der Waals surface area contributed by atoms with Crippen molar-refractivity contribution in [2.24, 2.45) is 5.92 Å². The van der Waals surface area contributed by atoms with E-state index < -0.39 is 0 Å². The zero-order valence-corrected chi connectivity index (χ0v) is 10.5. The summed E-state index contributed by atoms with van der Waals surface area (Å²) in [6.45, 7) is 6.72. The van der Waals surface area contributed by atoms with Gasteiger partial charge in [0.2, 0.25) is 0 Å². The van der Waals surface area contributed by atoms with Gasteiger partial charge in [0, 0.05) is 6.61 Å². The van der Waals surface area contributed by atoms with Gasteiger partial charge in [0.1, 0.15) is 0 Å². The smallest absolute Gasteiger partial charge is 0.0459 e. The molecule has 88 valence electrons. The maximum Gasteiger partial charge on any atom is 0.0459 e. The summed E-state index contributed by atoms with van der Waals surface area (Å²) in [5.74, 6) is 0.925. The Hall–Kier alpha value is -1.08. The molecule has 0 aromatic heterocycles. The largest absolute Gasteiger partial charge is 0.396 e. The molecular formula is C15H22O. The molecule has 0 saturated carbocycles. The van der Waals surface area contributed by atoms with E-state index in [0.717, 1.165) is 6.42 Å². The summed E-state index contributed by atoms with van der Waals surface area (Å²) in [4.78, 5) is 0. The number of allylic oxidation sites excluding steroid dienone is 1. The Morgan fingerprint density at radius 1 is 1.25 bits per heavy atom. The first kappa shape index (κ1) is 13.0. The number of rotatable bonds is 5. The summed E-state index contributed by atoms with van der Waals surface area (Å²) in [6.07, 6.45) is 5.21. The topological polar surface area (TPSA) is 20.2 Å². The molecule has 1 aromatic carbocycles. The lowest BCUT2D eigenvalue weighted by atomic mass is 10.0. The standard InChI is InChI=1S/C15H22O/c1-12(2)15-9-5-8-14(10-15)7-4-6-13(3)11-16/h4-5,7-10,12-13,16H,6,11H2,1-3H3/b7-4+/t13-/m0/s1. The van der Waals surface area contributed by atoms with Crippen LogP contribution < -0.4 is 0 Å². The van der Waals surface area contributed by atoms with Crippen molar-refractivity contribution < 1.29 is 5.11 Å². The van der Waals surface area contributed by atoms with Crippen LogP contribution in [0.2, 0.25) is 0 Å². The fourth-order valence-corrected chi connectivity index (χ4v) is 1.53. The molecule has 0 bridgehead atoms. The van der Waals surface area contributed by atoms with E-state index in [1.807, 2.05) is 0 Å². The van der Waals surface area contributed by atoms with Gasteiger partial charge < -0.3 is 5.11 Å². The van der Waals surface area contributed by atoms with Crippen LogP contribution in [0.4, 0.5) is 0 Å². The van der Waals surface area contributed by atoms with Crippen LogP contribution in [0.5, 0.6) is 0 Å². The molecule has 1 nitrogen and oxygen atoms in total. The van der Waals surface area contributed by atoms with Gasteiger partial charge in [-0.25, -0.2) is 0 Å². The lowest BCUT2D eigenvalue weighted by Crippen LogP contribution is -1.97. The van der Waals surface area contributed by atoms with Gasteiger partial charge in [0.15, 0.2) is 0 Å². The molecule has 1 heteroatoms. The highest BCUT2D eigenvalue weighted by Gasteiger charge is 1.98. The Labute approximate surface area is 98.8 Å². The minimum absolute atomic E-state index is 0.260. The zero-order chi connectivity index (χ0) is 12.0. The normalized spacial score (nSPS) is 13.6. The predicted octanol–water partition coefficient (Wildman–Crippen LogP) is 3.84. The Morgan fingerprint density at radius 2 is 2.00 bits per heavy atom. The van der Waals surface area contributed by atoms with Crippen molar-refractivity contribution in [2.45, 2.75) is 33.1 Å². The molecule has 0 spiro atoms. The molecule has 0 amide bonds. The highest BCUT2D eigenvalue weighted by atomic mass is 16.3. The highest BCUT2D eigenvalue weighted by molar-refractivity contribution is 5.50. The Bertz CT molecular complexity index is 339. The van der Waals surface area contributed by atoms with Crippen LogP contribution in [0, 0.1) is 5.92 Å². The van der Waals surface area contributed by atoms with Crippen LogP contribution >= 0.6 is 0 Å². The van der Waals surface area contributed by atoms with E-state index in [1.165, 1.54) is 11.1 Å². The van der Waals surface area contributed by atoms with Gasteiger partial charge in [-0.2, -0.15) is 0 Å². The molecule has 1 aromatic rings. The van der Waals surface area contributed by atoms with Crippen LogP contribution in [0.3, 0.4) is 0 Å². The average molecular weight is 218 g/mol. The lowest BCUT2D eigenvalue weighted by Gasteiger charge is -2.06. The zero-order valence-electron chi connectivity index (χ0n) is 10.5. The first-order valence-electron chi connectivity index (χ1n) is 6.01. The second-order valence-electron chi connectivity index (χ2n) is 4.75. The van der Waals surface area contributed by atoms with Gasteiger partial charge >= 0.3 is 0 Å². The van der Waals surface area contributed by atoms with Crippen molar-refractivity contribution in [3.8, 4) is 0 Å². The fraction of sp³-hybridized carbons (Fsp3) is 0.467. The van der Waals surface area contributed by atoms with E-state index in [4.69, 9.17) is 5.11 Å². The molecule has 1 N–H and O–H groups in total. The van der Waals surface area contributed by atoms with Crippen LogP contribution in [0.15, 0.2) is 30.3 Å². The molecule has 1 atom stereocenters. The van der Waals surface area contributed by atoms with Gasteiger partial charge in [0.25, 0.3) is 0 Å². The molecule has 0 saturated heterocycles. The van der Waals surface area contributed by atoms with Crippen LogP contribution in [0.1, 0.15) is 44.2 Å². The summed E-state index contributed by atoms with van der Waals surface area (Å²) >= 11 is 0. The van der Waals surface area contributed by atoms with Crippen molar-refractivity contribution in [2.75, 3.05) is 6.61 Å². The maximum atomic E-state index is 8.91. The third kappa shape index (κ3) is 4.19. The second kappa shape index (κ2) is 6.49. The average Bonchev–Trinajstić information content (AvgIpc) is 2.29. The first-order valence-corrected chi connectivity index (χ1v) is 6.01. The molecule has 0 unspecified atom stereocenters. The van der Waals surface area contributed by atoms with Crippen molar-refractivity contribution in [3.05, 3.63) is 41.5 Å². The minimum Gasteiger partial charge on any atom is -0.396 e. The number of aliphatic hydroxyl groups excluding tert-OH is 1. The maximum absolute atomic E-state index is 8.91. The van der Waals surface area contributed by atoms with Gasteiger partial charge in [-0.15, -0.1) is 0 Å². The van der Waals surface area contributed by atoms with Crippen LogP contribution in [-0.2, 0) is 0 Å². The monoisotopic (exact) mass is 218 g/mol. The van der Waals surface area contributed by atoms with E-state index in [1.54, 1.807) is 0 Å². The summed E-state index contributed by atoms with van der Waals surface area (Å²) in [7, 11) is 0. The summed E-state index contributed by atoms with van der Waals surface area (Å²) in [6, 6.07) is 8.61. The third-order valence-corrected chi connectivity index (χ3v) is 2.74. The Morgan fingerprint density at radius 3 is 2.62 bits per heavy atom. The minimum atomic E-state index is 0.260. The van der Waals surface area contributed by atoms with Gasteiger partial charge in [-0.05, 0) is 29.4 Å². The lowest BCUT2D eigenvalue weighted by molar-refractivity contribution is 0.239. The highest BCUT2D eigenvalue weighted by Crippen LogP contribution is 2.16. The molecule has 0 aliphatic carbocycles. The number of hydrogen-bond donors (Lipinski definition) is 1. The van der Waals surface area contributed by atoms with E-state index in [-0.39, 0.29) is 6.61 Å². The van der Waals surface area contributed by atoms with Gasteiger partial charge in [0.05, 0.1) is 0 Å². The molecule has 0 heterocycles. The summed E-state index contributed by atoms with van der Waals surface area (Å²) < 4.78 is 0. The van der Waals surface area contributed by atoms with E-state index in [9.17, 15) is 0 Å². The number of benzene rings is 1. The molecule has 0 aliphatic heterocycles. The van der Waals surface area contributed by atoms with E-state index in [2.05, 4.69) is 57.2 Å². The second-order valence-corrected chi connectivity index (χ2v) is 4.75. The predicted molar refractivity (Wildman–Crippen MR) is 70.4 cm³/mol. The first-order chi connectivity index (χ1) is 7.63.